The molecule has 0 spiro atoms. The van der Waals surface area contributed by atoms with E-state index in [0.717, 1.165) is 29.7 Å². The van der Waals surface area contributed by atoms with Gasteiger partial charge in [-0.1, -0.05) is 17.7 Å². The van der Waals surface area contributed by atoms with Gasteiger partial charge in [0.1, 0.15) is 0 Å². The number of hydrazine groups is 1. The van der Waals surface area contributed by atoms with Crippen LogP contribution in [-0.2, 0) is 4.79 Å². The highest BCUT2D eigenvalue weighted by atomic mass is 35.5. The Bertz CT molecular complexity index is 506. The van der Waals surface area contributed by atoms with E-state index < -0.39 is 0 Å². The van der Waals surface area contributed by atoms with Crippen molar-refractivity contribution in [2.75, 3.05) is 5.32 Å². The van der Waals surface area contributed by atoms with Crippen molar-refractivity contribution in [3.05, 3.63) is 28.3 Å². The van der Waals surface area contributed by atoms with Crippen molar-refractivity contribution in [3.63, 3.8) is 0 Å². The maximum atomic E-state index is 11.5. The number of carbonyl (C=O) groups is 1. The van der Waals surface area contributed by atoms with E-state index in [0.29, 0.717) is 10.1 Å². The predicted octanol–water partition coefficient (Wildman–Crippen LogP) is 2.68. The van der Waals surface area contributed by atoms with Gasteiger partial charge in [-0.05, 0) is 56.1 Å². The minimum Gasteiger partial charge on any atom is -0.330 e. The molecule has 1 amide bonds. The largest absolute Gasteiger partial charge is 0.330 e. The number of thiocarbonyl (C=S) groups is 1. The van der Waals surface area contributed by atoms with E-state index in [1.807, 2.05) is 26.0 Å². The van der Waals surface area contributed by atoms with E-state index in [9.17, 15) is 4.79 Å². The number of anilines is 1. The van der Waals surface area contributed by atoms with Crippen molar-refractivity contribution in [2.45, 2.75) is 26.7 Å². The van der Waals surface area contributed by atoms with Gasteiger partial charge in [-0.25, -0.2) is 0 Å². The SMILES string of the molecule is Cc1cc(C)c(NC(=S)NNC(=O)C2CC2)c(Cl)c1. The fourth-order valence-corrected chi connectivity index (χ4v) is 2.31. The van der Waals surface area contributed by atoms with Crippen LogP contribution in [0.4, 0.5) is 5.69 Å². The van der Waals surface area contributed by atoms with Crippen LogP contribution in [0.2, 0.25) is 5.02 Å². The summed E-state index contributed by atoms with van der Waals surface area (Å²) in [6, 6.07) is 3.88. The summed E-state index contributed by atoms with van der Waals surface area (Å²) >= 11 is 11.3. The summed E-state index contributed by atoms with van der Waals surface area (Å²) in [5.41, 5.74) is 8.11. The molecule has 4 nitrogen and oxygen atoms in total. The zero-order chi connectivity index (χ0) is 14.0. The topological polar surface area (TPSA) is 53.2 Å². The first-order chi connectivity index (χ1) is 8.97. The first-order valence-electron chi connectivity index (χ1n) is 6.11. The zero-order valence-electron chi connectivity index (χ0n) is 10.8. The van der Waals surface area contributed by atoms with Crippen LogP contribution < -0.4 is 16.2 Å². The first-order valence-corrected chi connectivity index (χ1v) is 6.89. The molecule has 1 aliphatic rings. The number of hydrogen-bond donors (Lipinski definition) is 3. The summed E-state index contributed by atoms with van der Waals surface area (Å²) in [4.78, 5) is 11.5. The van der Waals surface area contributed by atoms with E-state index >= 15 is 0 Å². The number of nitrogens with one attached hydrogen (secondary N) is 3. The Hall–Kier alpha value is -1.33. The zero-order valence-corrected chi connectivity index (χ0v) is 12.4. The standard InChI is InChI=1S/C13H16ClN3OS/c1-7-5-8(2)11(10(14)6-7)15-13(19)17-16-12(18)9-3-4-9/h5-6,9H,3-4H2,1-2H3,(H,16,18)(H2,15,17,19). The van der Waals surface area contributed by atoms with Crippen LogP contribution in [0.5, 0.6) is 0 Å². The van der Waals surface area contributed by atoms with E-state index in [1.165, 1.54) is 0 Å². The fraction of sp³-hybridized carbons (Fsp3) is 0.385. The van der Waals surface area contributed by atoms with Gasteiger partial charge in [0.25, 0.3) is 0 Å². The van der Waals surface area contributed by atoms with Crippen LogP contribution >= 0.6 is 23.8 Å². The third kappa shape index (κ3) is 3.81. The number of carbonyl (C=O) groups excluding carboxylic acids is 1. The molecule has 0 bridgehead atoms. The summed E-state index contributed by atoms with van der Waals surface area (Å²) in [5.74, 6) is 0.121. The predicted molar refractivity (Wildman–Crippen MR) is 81.1 cm³/mol. The molecule has 1 aromatic rings. The lowest BCUT2D eigenvalue weighted by Crippen LogP contribution is -2.44. The Kier molecular flexibility index (Phi) is 4.27. The molecular formula is C13H16ClN3OS. The summed E-state index contributed by atoms with van der Waals surface area (Å²) in [5, 5.41) is 3.92. The van der Waals surface area contributed by atoms with Gasteiger partial charge < -0.3 is 5.32 Å². The van der Waals surface area contributed by atoms with Crippen molar-refractivity contribution in [2.24, 2.45) is 5.92 Å². The summed E-state index contributed by atoms with van der Waals surface area (Å²) < 4.78 is 0. The van der Waals surface area contributed by atoms with Crippen molar-refractivity contribution in [1.29, 1.82) is 0 Å². The average Bonchev–Trinajstić information content (AvgIpc) is 3.14. The van der Waals surface area contributed by atoms with Crippen LogP contribution in [0.25, 0.3) is 0 Å². The minimum atomic E-state index is -0.0177. The fourth-order valence-electron chi connectivity index (χ4n) is 1.78. The van der Waals surface area contributed by atoms with E-state index in [1.54, 1.807) is 0 Å². The Morgan fingerprint density at radius 2 is 2.00 bits per heavy atom. The van der Waals surface area contributed by atoms with Crippen molar-refractivity contribution >= 4 is 40.5 Å². The highest BCUT2D eigenvalue weighted by Crippen LogP contribution is 2.28. The lowest BCUT2D eigenvalue weighted by atomic mass is 10.1. The van der Waals surface area contributed by atoms with E-state index in [4.69, 9.17) is 23.8 Å². The molecule has 19 heavy (non-hydrogen) atoms. The van der Waals surface area contributed by atoms with E-state index in [-0.39, 0.29) is 11.8 Å². The summed E-state index contributed by atoms with van der Waals surface area (Å²) in [6.45, 7) is 3.93. The van der Waals surface area contributed by atoms with Gasteiger partial charge in [0.05, 0.1) is 10.7 Å². The molecule has 0 aromatic heterocycles. The molecular weight excluding hydrogens is 282 g/mol. The quantitative estimate of drug-likeness (QED) is 0.580. The normalized spacial score (nSPS) is 13.8. The number of amides is 1. The molecule has 2 rings (SSSR count). The molecule has 0 aliphatic heterocycles. The Balaban J connectivity index is 1.93. The van der Waals surface area contributed by atoms with Crippen LogP contribution in [0.15, 0.2) is 12.1 Å². The van der Waals surface area contributed by atoms with Gasteiger partial charge in [0, 0.05) is 5.92 Å². The molecule has 3 N–H and O–H groups in total. The molecule has 0 radical (unpaired) electrons. The number of hydrogen-bond acceptors (Lipinski definition) is 2. The van der Waals surface area contributed by atoms with Crippen molar-refractivity contribution in [3.8, 4) is 0 Å². The molecule has 6 heteroatoms. The highest BCUT2D eigenvalue weighted by Gasteiger charge is 2.29. The Morgan fingerprint density at radius 3 is 2.58 bits per heavy atom. The number of halogens is 1. The third-order valence-corrected chi connectivity index (χ3v) is 3.42. The molecule has 0 saturated heterocycles. The van der Waals surface area contributed by atoms with Crippen molar-refractivity contribution < 1.29 is 4.79 Å². The second-order valence-corrected chi connectivity index (χ2v) is 5.60. The average molecular weight is 298 g/mol. The second-order valence-electron chi connectivity index (χ2n) is 4.78. The van der Waals surface area contributed by atoms with Crippen molar-refractivity contribution in [1.82, 2.24) is 10.9 Å². The molecule has 1 aliphatic carbocycles. The smallest absolute Gasteiger partial charge is 0.241 e. The van der Waals surface area contributed by atoms with Gasteiger partial charge in [-0.3, -0.25) is 15.6 Å². The van der Waals surface area contributed by atoms with Gasteiger partial charge in [0.2, 0.25) is 5.91 Å². The Labute approximate surface area is 122 Å². The van der Waals surface area contributed by atoms with Gasteiger partial charge in [0.15, 0.2) is 5.11 Å². The van der Waals surface area contributed by atoms with Crippen LogP contribution in [0.1, 0.15) is 24.0 Å². The first kappa shape index (κ1) is 14.1. The molecule has 0 atom stereocenters. The number of benzene rings is 1. The maximum Gasteiger partial charge on any atom is 0.241 e. The van der Waals surface area contributed by atoms with Gasteiger partial charge in [-0.15, -0.1) is 0 Å². The molecule has 1 fully saturated rings. The van der Waals surface area contributed by atoms with Crippen LogP contribution in [0, 0.1) is 19.8 Å². The van der Waals surface area contributed by atoms with Crippen LogP contribution in [0.3, 0.4) is 0 Å². The number of aryl methyl sites for hydroxylation is 2. The molecule has 0 heterocycles. The lowest BCUT2D eigenvalue weighted by molar-refractivity contribution is -0.122. The molecule has 0 unspecified atom stereocenters. The monoisotopic (exact) mass is 297 g/mol. The molecule has 1 saturated carbocycles. The molecule has 102 valence electrons. The second kappa shape index (κ2) is 5.75. The lowest BCUT2D eigenvalue weighted by Gasteiger charge is -2.15. The maximum absolute atomic E-state index is 11.5. The summed E-state index contributed by atoms with van der Waals surface area (Å²) in [6.07, 6.45) is 1.91. The molecule has 1 aromatic carbocycles. The minimum absolute atomic E-state index is 0.0177. The van der Waals surface area contributed by atoms with E-state index in [2.05, 4.69) is 16.2 Å². The summed E-state index contributed by atoms with van der Waals surface area (Å²) in [7, 11) is 0. The Morgan fingerprint density at radius 1 is 1.32 bits per heavy atom. The third-order valence-electron chi connectivity index (χ3n) is 2.92. The van der Waals surface area contributed by atoms with Gasteiger partial charge >= 0.3 is 0 Å². The highest BCUT2D eigenvalue weighted by molar-refractivity contribution is 7.80. The van der Waals surface area contributed by atoms with Gasteiger partial charge in [-0.2, -0.15) is 0 Å². The number of rotatable bonds is 2. The van der Waals surface area contributed by atoms with Crippen LogP contribution in [-0.4, -0.2) is 11.0 Å².